The molecule has 3 heteroatoms. The van der Waals surface area contributed by atoms with Crippen molar-refractivity contribution in [1.82, 2.24) is 5.32 Å². The summed E-state index contributed by atoms with van der Waals surface area (Å²) in [5.74, 6) is 1.55. The van der Waals surface area contributed by atoms with Crippen molar-refractivity contribution in [2.45, 2.75) is 19.8 Å². The second-order valence-corrected chi connectivity index (χ2v) is 4.87. The molecule has 0 spiro atoms. The van der Waals surface area contributed by atoms with Crippen LogP contribution in [0.2, 0.25) is 5.02 Å². The molecule has 2 rings (SSSR count). The summed E-state index contributed by atoms with van der Waals surface area (Å²) in [7, 11) is 0. The largest absolute Gasteiger partial charge is 0.493 e. The maximum absolute atomic E-state index is 5.95. The molecule has 1 fully saturated rings. The third kappa shape index (κ3) is 3.13. The number of aryl methyl sites for hydroxylation is 1. The van der Waals surface area contributed by atoms with Crippen molar-refractivity contribution in [2.75, 3.05) is 19.7 Å². The lowest BCUT2D eigenvalue weighted by Crippen LogP contribution is -2.33. The van der Waals surface area contributed by atoms with Crippen LogP contribution in [0.25, 0.3) is 0 Å². The summed E-state index contributed by atoms with van der Waals surface area (Å²) in [6, 6.07) is 5.79. The third-order valence-electron chi connectivity index (χ3n) is 3.02. The molecular weight excluding hydrogens is 222 g/mol. The fourth-order valence-corrected chi connectivity index (χ4v) is 2.17. The van der Waals surface area contributed by atoms with E-state index in [1.54, 1.807) is 0 Å². The molecule has 0 amide bonds. The predicted molar refractivity (Wildman–Crippen MR) is 67.3 cm³/mol. The standard InChI is InChI=1S/C13H18ClNO/c1-10-4-5-12(14)7-13(10)16-9-11-3-2-6-15-8-11/h4-5,7,11,15H,2-3,6,8-9H2,1H3. The molecule has 1 aromatic rings. The summed E-state index contributed by atoms with van der Waals surface area (Å²) < 4.78 is 5.83. The van der Waals surface area contributed by atoms with Gasteiger partial charge in [-0.1, -0.05) is 17.7 Å². The van der Waals surface area contributed by atoms with Gasteiger partial charge in [0, 0.05) is 17.5 Å². The van der Waals surface area contributed by atoms with Gasteiger partial charge >= 0.3 is 0 Å². The Kier molecular flexibility index (Phi) is 4.08. The number of hydrogen-bond acceptors (Lipinski definition) is 2. The van der Waals surface area contributed by atoms with Crippen LogP contribution in [-0.4, -0.2) is 19.7 Å². The Bertz CT molecular complexity index is 348. The Labute approximate surface area is 102 Å². The topological polar surface area (TPSA) is 21.3 Å². The Morgan fingerprint density at radius 3 is 3.12 bits per heavy atom. The first-order chi connectivity index (χ1) is 7.75. The first-order valence-corrected chi connectivity index (χ1v) is 6.23. The zero-order valence-electron chi connectivity index (χ0n) is 9.63. The van der Waals surface area contributed by atoms with Crippen molar-refractivity contribution >= 4 is 11.6 Å². The van der Waals surface area contributed by atoms with E-state index in [0.29, 0.717) is 5.92 Å². The molecule has 1 aliphatic rings. The lowest BCUT2D eigenvalue weighted by molar-refractivity contribution is 0.217. The monoisotopic (exact) mass is 239 g/mol. The smallest absolute Gasteiger partial charge is 0.123 e. The summed E-state index contributed by atoms with van der Waals surface area (Å²) in [4.78, 5) is 0. The van der Waals surface area contributed by atoms with Crippen LogP contribution in [0.4, 0.5) is 0 Å². The molecular formula is C13H18ClNO. The molecule has 0 aliphatic carbocycles. The minimum Gasteiger partial charge on any atom is -0.493 e. The second kappa shape index (κ2) is 5.55. The SMILES string of the molecule is Cc1ccc(Cl)cc1OCC1CCCNC1. The van der Waals surface area contributed by atoms with Crippen LogP contribution in [0, 0.1) is 12.8 Å². The fraction of sp³-hybridized carbons (Fsp3) is 0.538. The van der Waals surface area contributed by atoms with Gasteiger partial charge in [0.05, 0.1) is 6.61 Å². The average Bonchev–Trinajstić information content (AvgIpc) is 2.32. The van der Waals surface area contributed by atoms with Crippen LogP contribution in [0.15, 0.2) is 18.2 Å². The average molecular weight is 240 g/mol. The van der Waals surface area contributed by atoms with Gasteiger partial charge in [-0.25, -0.2) is 0 Å². The van der Waals surface area contributed by atoms with Crippen molar-refractivity contribution in [3.05, 3.63) is 28.8 Å². The highest BCUT2D eigenvalue weighted by molar-refractivity contribution is 6.30. The van der Waals surface area contributed by atoms with E-state index in [0.717, 1.165) is 36.0 Å². The summed E-state index contributed by atoms with van der Waals surface area (Å²) in [5, 5.41) is 4.13. The molecule has 0 aromatic heterocycles. The Morgan fingerprint density at radius 2 is 2.38 bits per heavy atom. The van der Waals surface area contributed by atoms with E-state index in [1.165, 1.54) is 12.8 Å². The number of nitrogens with one attached hydrogen (secondary N) is 1. The van der Waals surface area contributed by atoms with Crippen LogP contribution < -0.4 is 10.1 Å². The van der Waals surface area contributed by atoms with Gasteiger partial charge in [-0.15, -0.1) is 0 Å². The molecule has 1 aliphatic heterocycles. The summed E-state index contributed by atoms with van der Waals surface area (Å²) >= 11 is 5.95. The number of rotatable bonds is 3. The van der Waals surface area contributed by atoms with Gasteiger partial charge < -0.3 is 10.1 Å². The summed E-state index contributed by atoms with van der Waals surface area (Å²) in [6.45, 7) is 5.05. The maximum Gasteiger partial charge on any atom is 0.123 e. The van der Waals surface area contributed by atoms with E-state index in [9.17, 15) is 0 Å². The lowest BCUT2D eigenvalue weighted by atomic mass is 10.0. The lowest BCUT2D eigenvalue weighted by Gasteiger charge is -2.23. The zero-order valence-corrected chi connectivity index (χ0v) is 10.4. The van der Waals surface area contributed by atoms with E-state index < -0.39 is 0 Å². The molecule has 0 saturated carbocycles. The minimum atomic E-state index is 0.632. The number of hydrogen-bond donors (Lipinski definition) is 1. The molecule has 1 aromatic carbocycles. The molecule has 1 saturated heterocycles. The predicted octanol–water partition coefficient (Wildman–Crippen LogP) is 3.03. The molecule has 1 unspecified atom stereocenters. The second-order valence-electron chi connectivity index (χ2n) is 4.43. The number of ether oxygens (including phenoxy) is 1. The number of halogens is 1. The maximum atomic E-state index is 5.95. The molecule has 0 radical (unpaired) electrons. The van der Waals surface area contributed by atoms with Crippen LogP contribution in [0.3, 0.4) is 0 Å². The molecule has 2 nitrogen and oxygen atoms in total. The molecule has 1 heterocycles. The molecule has 88 valence electrons. The fourth-order valence-electron chi connectivity index (χ4n) is 2.00. The van der Waals surface area contributed by atoms with Gasteiger partial charge in [-0.3, -0.25) is 0 Å². The van der Waals surface area contributed by atoms with E-state index in [1.807, 2.05) is 25.1 Å². The van der Waals surface area contributed by atoms with E-state index in [-0.39, 0.29) is 0 Å². The van der Waals surface area contributed by atoms with Gasteiger partial charge in [0.2, 0.25) is 0 Å². The van der Waals surface area contributed by atoms with Crippen molar-refractivity contribution in [3.63, 3.8) is 0 Å². The summed E-state index contributed by atoms with van der Waals surface area (Å²) in [5.41, 5.74) is 1.15. The molecule has 1 atom stereocenters. The van der Waals surface area contributed by atoms with Gasteiger partial charge in [0.25, 0.3) is 0 Å². The van der Waals surface area contributed by atoms with Crippen molar-refractivity contribution in [3.8, 4) is 5.75 Å². The molecule has 16 heavy (non-hydrogen) atoms. The van der Waals surface area contributed by atoms with Crippen molar-refractivity contribution < 1.29 is 4.74 Å². The van der Waals surface area contributed by atoms with Crippen LogP contribution in [0.1, 0.15) is 18.4 Å². The Morgan fingerprint density at radius 1 is 1.50 bits per heavy atom. The summed E-state index contributed by atoms with van der Waals surface area (Å²) in [6.07, 6.45) is 2.51. The van der Waals surface area contributed by atoms with Crippen LogP contribution >= 0.6 is 11.6 Å². The first-order valence-electron chi connectivity index (χ1n) is 5.85. The third-order valence-corrected chi connectivity index (χ3v) is 3.26. The highest BCUT2D eigenvalue weighted by Gasteiger charge is 2.13. The molecule has 1 N–H and O–H groups in total. The van der Waals surface area contributed by atoms with Gasteiger partial charge in [-0.05, 0) is 44.0 Å². The first kappa shape index (κ1) is 11.7. The van der Waals surface area contributed by atoms with E-state index in [4.69, 9.17) is 16.3 Å². The zero-order chi connectivity index (χ0) is 11.4. The van der Waals surface area contributed by atoms with E-state index in [2.05, 4.69) is 5.32 Å². The quantitative estimate of drug-likeness (QED) is 0.876. The van der Waals surface area contributed by atoms with Gasteiger partial charge in [0.15, 0.2) is 0 Å². The van der Waals surface area contributed by atoms with E-state index >= 15 is 0 Å². The highest BCUT2D eigenvalue weighted by atomic mass is 35.5. The number of piperidine rings is 1. The Balaban J connectivity index is 1.90. The van der Waals surface area contributed by atoms with Gasteiger partial charge in [0.1, 0.15) is 5.75 Å². The van der Waals surface area contributed by atoms with Gasteiger partial charge in [-0.2, -0.15) is 0 Å². The Hall–Kier alpha value is -0.730. The van der Waals surface area contributed by atoms with Crippen LogP contribution in [0.5, 0.6) is 5.75 Å². The normalized spacial score (nSPS) is 20.8. The highest BCUT2D eigenvalue weighted by Crippen LogP contribution is 2.23. The van der Waals surface area contributed by atoms with Crippen molar-refractivity contribution in [2.24, 2.45) is 5.92 Å². The van der Waals surface area contributed by atoms with Crippen LogP contribution in [-0.2, 0) is 0 Å². The minimum absolute atomic E-state index is 0.632. The number of benzene rings is 1. The molecule has 0 bridgehead atoms. The van der Waals surface area contributed by atoms with Crippen molar-refractivity contribution in [1.29, 1.82) is 0 Å².